The smallest absolute Gasteiger partial charge is 0.355 e. The first-order valence-electron chi connectivity index (χ1n) is 18.5. The van der Waals surface area contributed by atoms with Crippen LogP contribution in [0, 0.1) is 0 Å². The van der Waals surface area contributed by atoms with Crippen LogP contribution >= 0.6 is 0 Å². The molecule has 2 aromatic carbocycles. The highest BCUT2D eigenvalue weighted by molar-refractivity contribution is 6.05. The number of nitrogens with one attached hydrogen (secondary N) is 3. The number of methoxy groups -OCH3 is 1. The normalized spacial score (nSPS) is 14.9. The molecule has 1 unspecified atom stereocenters. The number of hydrogen-bond acceptors (Lipinski definition) is 9. The molecule has 1 fully saturated rings. The van der Waals surface area contributed by atoms with Gasteiger partial charge >= 0.3 is 5.97 Å². The molecule has 14 nitrogen and oxygen atoms in total. The van der Waals surface area contributed by atoms with E-state index in [0.717, 1.165) is 24.0 Å². The predicted molar refractivity (Wildman–Crippen MR) is 211 cm³/mol. The zero-order valence-electron chi connectivity index (χ0n) is 32.2. The number of aromatic nitrogens is 2. The van der Waals surface area contributed by atoms with Crippen LogP contribution < -0.4 is 25.4 Å². The van der Waals surface area contributed by atoms with Gasteiger partial charge in [-0.15, -0.1) is 0 Å². The van der Waals surface area contributed by atoms with Crippen molar-refractivity contribution in [2.45, 2.75) is 58.0 Å². The third kappa shape index (κ3) is 9.44. The van der Waals surface area contributed by atoms with Crippen molar-refractivity contribution >= 4 is 47.0 Å². The van der Waals surface area contributed by atoms with E-state index in [1.807, 2.05) is 29.4 Å². The Morgan fingerprint density at radius 1 is 0.891 bits per heavy atom. The van der Waals surface area contributed by atoms with Gasteiger partial charge in [0.2, 0.25) is 5.91 Å². The predicted octanol–water partition coefficient (Wildman–Crippen LogP) is 5.95. The molecule has 1 saturated heterocycles. The maximum Gasteiger partial charge on any atom is 0.355 e. The second-order valence-corrected chi connectivity index (χ2v) is 14.8. The molecular weight excluding hydrogens is 702 g/mol. The fourth-order valence-electron chi connectivity index (χ4n) is 6.63. The van der Waals surface area contributed by atoms with Crippen molar-refractivity contribution in [3.05, 3.63) is 77.9 Å². The number of carbonyl (C=O) groups is 4. The van der Waals surface area contributed by atoms with Crippen LogP contribution in [-0.2, 0) is 23.6 Å². The number of amides is 3. The zero-order valence-corrected chi connectivity index (χ0v) is 32.2. The minimum Gasteiger partial charge on any atom is -0.493 e. The number of anilines is 2. The molecule has 0 radical (unpaired) electrons. The molecule has 6 rings (SSSR count). The van der Waals surface area contributed by atoms with Crippen molar-refractivity contribution < 1.29 is 33.4 Å². The van der Waals surface area contributed by atoms with Gasteiger partial charge in [-0.1, -0.05) is 12.1 Å². The van der Waals surface area contributed by atoms with Crippen molar-refractivity contribution in [2.75, 3.05) is 44.0 Å². The standard InChI is InChI=1S/C41H49N7O7/c1-41(2,3)43-15-18-55-40(52)34-19-27(24-46(34)4)26-11-13-28(14-12-26)45-38(50)33-20-29(25-47(33)5)44-37(49)10-8-17-54-36-22-32-31(21-35(36)53-6)39(51)48-16-7-9-30(48)23-42-32/h11-14,19-25,30,43H,7-10,15-18H2,1-6H3,(H,44,49)(H,45,50). The van der Waals surface area contributed by atoms with E-state index in [1.54, 1.807) is 65.8 Å². The number of carbonyl (C=O) groups excluding carboxylic acids is 4. The zero-order chi connectivity index (χ0) is 39.3. The Hall–Kier alpha value is -5.89. The monoisotopic (exact) mass is 751 g/mol. The largest absolute Gasteiger partial charge is 0.493 e. The molecule has 3 amide bonds. The number of esters is 1. The molecule has 4 heterocycles. The summed E-state index contributed by atoms with van der Waals surface area (Å²) >= 11 is 0. The third-order valence-electron chi connectivity index (χ3n) is 9.47. The summed E-state index contributed by atoms with van der Waals surface area (Å²) in [6.07, 6.45) is 7.82. The van der Waals surface area contributed by atoms with E-state index in [0.29, 0.717) is 65.0 Å². The molecule has 0 spiro atoms. The van der Waals surface area contributed by atoms with Gasteiger partial charge in [0.25, 0.3) is 11.8 Å². The Morgan fingerprint density at radius 2 is 1.65 bits per heavy atom. The Labute approximate surface area is 320 Å². The van der Waals surface area contributed by atoms with E-state index < -0.39 is 5.97 Å². The fraction of sp³-hybridized carbons (Fsp3) is 0.390. The molecule has 2 aliphatic rings. The van der Waals surface area contributed by atoms with Gasteiger partial charge < -0.3 is 44.2 Å². The van der Waals surface area contributed by atoms with Crippen LogP contribution in [0.4, 0.5) is 17.1 Å². The summed E-state index contributed by atoms with van der Waals surface area (Å²) in [5.41, 5.74) is 4.57. The summed E-state index contributed by atoms with van der Waals surface area (Å²) in [4.78, 5) is 58.2. The number of rotatable bonds is 14. The lowest BCUT2D eigenvalue weighted by Gasteiger charge is -2.20. The Bertz CT molecular complexity index is 2090. The maximum absolute atomic E-state index is 13.2. The molecule has 2 aliphatic heterocycles. The summed E-state index contributed by atoms with van der Waals surface area (Å²) in [5.74, 6) is -0.136. The fourth-order valence-corrected chi connectivity index (χ4v) is 6.63. The number of hydrogen-bond donors (Lipinski definition) is 3. The summed E-state index contributed by atoms with van der Waals surface area (Å²) in [7, 11) is 5.05. The van der Waals surface area contributed by atoms with E-state index in [4.69, 9.17) is 14.2 Å². The molecule has 0 saturated carbocycles. The molecule has 4 aromatic rings. The molecule has 0 aliphatic carbocycles. The van der Waals surface area contributed by atoms with E-state index in [9.17, 15) is 19.2 Å². The van der Waals surface area contributed by atoms with Crippen molar-refractivity contribution in [3.63, 3.8) is 0 Å². The molecule has 1 atom stereocenters. The SMILES string of the molecule is COc1cc2c(cc1OCCCC(=O)Nc1cc(C(=O)Nc3ccc(-c4cc(C(=O)OCCNC(C)(C)C)n(C)c4)cc3)n(C)c1)N=CC1CCCN1C2=O. The summed E-state index contributed by atoms with van der Waals surface area (Å²) < 4.78 is 20.3. The van der Waals surface area contributed by atoms with Gasteiger partial charge in [0, 0.05) is 75.1 Å². The molecule has 14 heteroatoms. The average molecular weight is 752 g/mol. The topological polar surface area (TPSA) is 158 Å². The highest BCUT2D eigenvalue weighted by Gasteiger charge is 2.32. The van der Waals surface area contributed by atoms with Crippen LogP contribution in [0.2, 0.25) is 0 Å². The first-order chi connectivity index (χ1) is 26.3. The van der Waals surface area contributed by atoms with Crippen molar-refractivity contribution in [1.82, 2.24) is 19.4 Å². The van der Waals surface area contributed by atoms with E-state index >= 15 is 0 Å². The van der Waals surface area contributed by atoms with Crippen LogP contribution in [0.3, 0.4) is 0 Å². The second kappa shape index (κ2) is 16.6. The Kier molecular flexibility index (Phi) is 11.7. The van der Waals surface area contributed by atoms with Gasteiger partial charge in [0.15, 0.2) is 11.5 Å². The number of nitrogens with zero attached hydrogens (tertiary/aromatic N) is 4. The van der Waals surface area contributed by atoms with Crippen LogP contribution in [0.25, 0.3) is 11.1 Å². The second-order valence-electron chi connectivity index (χ2n) is 14.8. The van der Waals surface area contributed by atoms with Crippen LogP contribution in [0.1, 0.15) is 77.8 Å². The Balaban J connectivity index is 0.975. The molecule has 2 aromatic heterocycles. The number of benzene rings is 2. The molecule has 290 valence electrons. The average Bonchev–Trinajstić information content (AvgIpc) is 3.86. The maximum atomic E-state index is 13.2. The van der Waals surface area contributed by atoms with E-state index in [-0.39, 0.29) is 48.9 Å². The van der Waals surface area contributed by atoms with Crippen molar-refractivity contribution in [2.24, 2.45) is 19.1 Å². The van der Waals surface area contributed by atoms with E-state index in [1.165, 1.54) is 7.11 Å². The van der Waals surface area contributed by atoms with Crippen molar-refractivity contribution in [3.8, 4) is 22.6 Å². The molecule has 3 N–H and O–H groups in total. The van der Waals surface area contributed by atoms with Crippen molar-refractivity contribution in [1.29, 1.82) is 0 Å². The number of aliphatic imine (C=N–C) groups is 1. The van der Waals surface area contributed by atoms with E-state index in [2.05, 4.69) is 41.7 Å². The van der Waals surface area contributed by atoms with Gasteiger partial charge in [-0.3, -0.25) is 19.4 Å². The third-order valence-corrected chi connectivity index (χ3v) is 9.47. The van der Waals surface area contributed by atoms with Gasteiger partial charge in [0.05, 0.1) is 36.7 Å². The molecule has 0 bridgehead atoms. The highest BCUT2D eigenvalue weighted by atomic mass is 16.5. The van der Waals surface area contributed by atoms with Crippen LogP contribution in [0.5, 0.6) is 11.5 Å². The highest BCUT2D eigenvalue weighted by Crippen LogP contribution is 2.38. The number of fused-ring (bicyclic) bond motifs is 2. The Morgan fingerprint density at radius 3 is 2.40 bits per heavy atom. The van der Waals surface area contributed by atoms with Gasteiger partial charge in [-0.25, -0.2) is 4.79 Å². The molecular formula is C41H49N7O7. The van der Waals surface area contributed by atoms with Crippen LogP contribution in [0.15, 0.2) is 65.9 Å². The first kappa shape index (κ1) is 38.8. The lowest BCUT2D eigenvalue weighted by Crippen LogP contribution is -2.38. The number of ether oxygens (including phenoxy) is 3. The van der Waals surface area contributed by atoms with Gasteiger partial charge in [-0.2, -0.15) is 0 Å². The minimum atomic E-state index is -0.394. The minimum absolute atomic E-state index is 0.00447. The summed E-state index contributed by atoms with van der Waals surface area (Å²) in [6, 6.07) is 14.1. The first-order valence-corrected chi connectivity index (χ1v) is 18.5. The quantitative estimate of drug-likeness (QED) is 0.105. The summed E-state index contributed by atoms with van der Waals surface area (Å²) in [5, 5.41) is 9.06. The van der Waals surface area contributed by atoms with Gasteiger partial charge in [-0.05, 0) is 75.9 Å². The summed E-state index contributed by atoms with van der Waals surface area (Å²) in [6.45, 7) is 7.94. The lowest BCUT2D eigenvalue weighted by atomic mass is 10.1. The number of aryl methyl sites for hydroxylation is 2. The van der Waals surface area contributed by atoms with Gasteiger partial charge in [0.1, 0.15) is 18.0 Å². The molecule has 55 heavy (non-hydrogen) atoms. The lowest BCUT2D eigenvalue weighted by molar-refractivity contribution is -0.116. The van der Waals surface area contributed by atoms with Crippen LogP contribution in [-0.4, -0.2) is 88.9 Å².